The molecule has 2 aromatic carbocycles. The first-order valence-electron chi connectivity index (χ1n) is 7.06. The van der Waals surface area contributed by atoms with Crippen molar-refractivity contribution >= 4 is 23.2 Å². The summed E-state index contributed by atoms with van der Waals surface area (Å²) in [6.07, 6.45) is 0. The summed E-state index contributed by atoms with van der Waals surface area (Å²) in [5.74, 6) is 1.56. The van der Waals surface area contributed by atoms with E-state index in [0.29, 0.717) is 33.7 Å². The Labute approximate surface area is 145 Å². The molecule has 0 atom stereocenters. The lowest BCUT2D eigenvalue weighted by Gasteiger charge is -2.14. The number of hydrogen-bond acceptors (Lipinski definition) is 5. The van der Waals surface area contributed by atoms with Gasteiger partial charge in [0.25, 0.3) is 5.91 Å². The van der Waals surface area contributed by atoms with Crippen LogP contribution in [-0.2, 0) is 4.79 Å². The third kappa shape index (κ3) is 4.23. The van der Waals surface area contributed by atoms with Crippen LogP contribution in [0.3, 0.4) is 0 Å². The summed E-state index contributed by atoms with van der Waals surface area (Å²) in [6.45, 7) is -0.187. The van der Waals surface area contributed by atoms with Crippen LogP contribution in [0, 0.1) is 0 Å². The molecule has 0 unspecified atom stereocenters. The Bertz CT molecular complexity index is 720. The third-order valence-corrected chi connectivity index (χ3v) is 3.47. The molecule has 128 valence electrons. The average Bonchev–Trinajstić information content (AvgIpc) is 2.60. The van der Waals surface area contributed by atoms with Gasteiger partial charge in [0.05, 0.1) is 32.0 Å². The second-order valence-corrected chi connectivity index (χ2v) is 5.08. The minimum Gasteiger partial charge on any atom is -0.495 e. The van der Waals surface area contributed by atoms with Crippen molar-refractivity contribution in [2.24, 2.45) is 0 Å². The van der Waals surface area contributed by atoms with Crippen LogP contribution in [0.1, 0.15) is 0 Å². The fourth-order valence-corrected chi connectivity index (χ4v) is 2.27. The highest BCUT2D eigenvalue weighted by molar-refractivity contribution is 6.32. The first-order chi connectivity index (χ1) is 11.6. The molecule has 2 aromatic rings. The fourth-order valence-electron chi connectivity index (χ4n) is 2.03. The number of benzene rings is 2. The van der Waals surface area contributed by atoms with Crippen molar-refractivity contribution in [2.75, 3.05) is 33.3 Å². The molecule has 1 N–H and O–H groups in total. The normalized spacial score (nSPS) is 10.0. The zero-order valence-electron chi connectivity index (χ0n) is 13.6. The minimum atomic E-state index is -0.361. The highest BCUT2D eigenvalue weighted by Gasteiger charge is 2.13. The van der Waals surface area contributed by atoms with Crippen molar-refractivity contribution < 1.29 is 23.7 Å². The monoisotopic (exact) mass is 351 g/mol. The Morgan fingerprint density at radius 3 is 2.21 bits per heavy atom. The SMILES string of the molecule is COc1cc(OC)c(NC(=O)COc2ccccc2OC)cc1Cl. The van der Waals surface area contributed by atoms with E-state index in [9.17, 15) is 4.79 Å². The van der Waals surface area contributed by atoms with Crippen LogP contribution < -0.4 is 24.3 Å². The van der Waals surface area contributed by atoms with Gasteiger partial charge in [0.2, 0.25) is 0 Å². The topological polar surface area (TPSA) is 66.0 Å². The summed E-state index contributed by atoms with van der Waals surface area (Å²) in [5, 5.41) is 3.05. The first-order valence-corrected chi connectivity index (χ1v) is 7.44. The molecule has 1 amide bonds. The quantitative estimate of drug-likeness (QED) is 0.828. The molecule has 0 bridgehead atoms. The van der Waals surface area contributed by atoms with Gasteiger partial charge in [-0.15, -0.1) is 0 Å². The first kappa shape index (κ1) is 17.7. The number of methoxy groups -OCH3 is 3. The lowest BCUT2D eigenvalue weighted by molar-refractivity contribution is -0.118. The van der Waals surface area contributed by atoms with Crippen LogP contribution in [0.4, 0.5) is 5.69 Å². The average molecular weight is 352 g/mol. The number of amides is 1. The molecule has 0 aliphatic carbocycles. The van der Waals surface area contributed by atoms with Gasteiger partial charge >= 0.3 is 0 Å². The largest absolute Gasteiger partial charge is 0.495 e. The third-order valence-electron chi connectivity index (χ3n) is 3.18. The molecule has 0 radical (unpaired) electrons. The maximum atomic E-state index is 12.1. The second kappa shape index (κ2) is 8.31. The molecule has 0 saturated heterocycles. The summed E-state index contributed by atoms with van der Waals surface area (Å²) in [4.78, 5) is 12.1. The van der Waals surface area contributed by atoms with Crippen LogP contribution in [0.25, 0.3) is 0 Å². The van der Waals surface area contributed by atoms with Crippen LogP contribution in [-0.4, -0.2) is 33.8 Å². The molecule has 0 heterocycles. The zero-order valence-corrected chi connectivity index (χ0v) is 14.3. The van der Waals surface area contributed by atoms with E-state index in [1.54, 1.807) is 30.3 Å². The Hall–Kier alpha value is -2.60. The lowest BCUT2D eigenvalue weighted by atomic mass is 10.2. The number of anilines is 1. The standard InChI is InChI=1S/C17H18ClNO5/c1-21-13-6-4-5-7-14(13)24-10-17(20)19-12-8-11(18)15(22-2)9-16(12)23-3/h4-9H,10H2,1-3H3,(H,19,20). The van der Waals surface area contributed by atoms with E-state index in [0.717, 1.165) is 0 Å². The van der Waals surface area contributed by atoms with Gasteiger partial charge in [0.1, 0.15) is 11.5 Å². The zero-order chi connectivity index (χ0) is 17.5. The number of carbonyl (C=O) groups excluding carboxylic acids is 1. The van der Waals surface area contributed by atoms with Crippen LogP contribution in [0.15, 0.2) is 36.4 Å². The lowest BCUT2D eigenvalue weighted by Crippen LogP contribution is -2.20. The number of nitrogens with one attached hydrogen (secondary N) is 1. The fraction of sp³-hybridized carbons (Fsp3) is 0.235. The molecule has 0 spiro atoms. The van der Waals surface area contributed by atoms with Gasteiger partial charge in [-0.25, -0.2) is 0 Å². The van der Waals surface area contributed by atoms with E-state index in [-0.39, 0.29) is 12.5 Å². The highest BCUT2D eigenvalue weighted by Crippen LogP contribution is 2.35. The van der Waals surface area contributed by atoms with Gasteiger partial charge < -0.3 is 24.3 Å². The van der Waals surface area contributed by atoms with Gasteiger partial charge in [-0.2, -0.15) is 0 Å². The summed E-state index contributed by atoms with van der Waals surface area (Å²) < 4.78 is 21.0. The summed E-state index contributed by atoms with van der Waals surface area (Å²) in [5.41, 5.74) is 0.428. The van der Waals surface area contributed by atoms with E-state index in [2.05, 4.69) is 5.32 Å². The van der Waals surface area contributed by atoms with E-state index < -0.39 is 0 Å². The Morgan fingerprint density at radius 1 is 0.958 bits per heavy atom. The van der Waals surface area contributed by atoms with Gasteiger partial charge in [0.15, 0.2) is 18.1 Å². The molecule has 2 rings (SSSR count). The number of para-hydroxylation sites is 2. The predicted molar refractivity (Wildman–Crippen MR) is 91.7 cm³/mol. The molecule has 0 fully saturated rings. The Kier molecular flexibility index (Phi) is 6.14. The number of rotatable bonds is 7. The molecular formula is C17H18ClNO5. The van der Waals surface area contributed by atoms with E-state index in [4.69, 9.17) is 30.5 Å². The van der Waals surface area contributed by atoms with Gasteiger partial charge in [-0.1, -0.05) is 23.7 Å². The Balaban J connectivity index is 2.06. The van der Waals surface area contributed by atoms with E-state index in [1.165, 1.54) is 21.3 Å². The van der Waals surface area contributed by atoms with Gasteiger partial charge in [0, 0.05) is 6.07 Å². The van der Waals surface area contributed by atoms with Crippen molar-refractivity contribution in [1.29, 1.82) is 0 Å². The number of halogens is 1. The minimum absolute atomic E-state index is 0.187. The molecular weight excluding hydrogens is 334 g/mol. The summed E-state index contributed by atoms with van der Waals surface area (Å²) >= 11 is 6.07. The molecule has 0 aliphatic heterocycles. The van der Waals surface area contributed by atoms with Crippen LogP contribution >= 0.6 is 11.6 Å². The molecule has 24 heavy (non-hydrogen) atoms. The van der Waals surface area contributed by atoms with Gasteiger partial charge in [-0.3, -0.25) is 4.79 Å². The summed E-state index contributed by atoms with van der Waals surface area (Å²) in [7, 11) is 4.52. The molecule has 7 heteroatoms. The van der Waals surface area contributed by atoms with Crippen molar-refractivity contribution in [3.63, 3.8) is 0 Å². The number of hydrogen-bond donors (Lipinski definition) is 1. The van der Waals surface area contributed by atoms with E-state index in [1.807, 2.05) is 6.07 Å². The maximum absolute atomic E-state index is 12.1. The van der Waals surface area contributed by atoms with Crippen molar-refractivity contribution in [2.45, 2.75) is 0 Å². The van der Waals surface area contributed by atoms with Gasteiger partial charge in [-0.05, 0) is 18.2 Å². The second-order valence-electron chi connectivity index (χ2n) is 4.67. The van der Waals surface area contributed by atoms with Crippen molar-refractivity contribution in [3.8, 4) is 23.0 Å². The maximum Gasteiger partial charge on any atom is 0.262 e. The smallest absolute Gasteiger partial charge is 0.262 e. The number of ether oxygens (including phenoxy) is 4. The predicted octanol–water partition coefficient (Wildman–Crippen LogP) is 3.38. The molecule has 0 aliphatic rings. The molecule has 0 aromatic heterocycles. The highest BCUT2D eigenvalue weighted by atomic mass is 35.5. The summed E-state index contributed by atoms with van der Waals surface area (Å²) in [6, 6.07) is 10.2. The van der Waals surface area contributed by atoms with Crippen LogP contribution in [0.2, 0.25) is 5.02 Å². The Morgan fingerprint density at radius 2 is 1.58 bits per heavy atom. The van der Waals surface area contributed by atoms with Crippen LogP contribution in [0.5, 0.6) is 23.0 Å². The van der Waals surface area contributed by atoms with Crippen molar-refractivity contribution in [1.82, 2.24) is 0 Å². The van der Waals surface area contributed by atoms with Crippen molar-refractivity contribution in [3.05, 3.63) is 41.4 Å². The van der Waals surface area contributed by atoms with E-state index >= 15 is 0 Å². The molecule has 0 saturated carbocycles. The molecule has 6 nitrogen and oxygen atoms in total. The number of carbonyl (C=O) groups is 1.